The van der Waals surface area contributed by atoms with E-state index in [9.17, 15) is 4.79 Å². The van der Waals surface area contributed by atoms with Gasteiger partial charge in [0.25, 0.3) is 0 Å². The summed E-state index contributed by atoms with van der Waals surface area (Å²) in [5.41, 5.74) is 2.21. The van der Waals surface area contributed by atoms with Gasteiger partial charge < -0.3 is 23.4 Å². The van der Waals surface area contributed by atoms with Crippen molar-refractivity contribution in [1.82, 2.24) is 0 Å². The summed E-state index contributed by atoms with van der Waals surface area (Å²) in [6.45, 7) is 11.2. The largest absolute Gasteiger partial charge is 0.497 e. The number of ether oxygens (including phenoxy) is 4. The molecule has 0 radical (unpaired) electrons. The van der Waals surface area contributed by atoms with E-state index in [1.807, 2.05) is 109 Å². The lowest BCUT2D eigenvalue weighted by atomic mass is 9.80. The molecule has 0 spiro atoms. The number of carbonyl (C=O) groups excluding carboxylic acids is 1. The van der Waals surface area contributed by atoms with Crippen molar-refractivity contribution in [3.8, 4) is 5.75 Å². The average molecular weight is 747 g/mol. The maximum atomic E-state index is 14.9. The van der Waals surface area contributed by atoms with Crippen LogP contribution in [0.3, 0.4) is 0 Å². The van der Waals surface area contributed by atoms with E-state index in [1.54, 1.807) is 7.11 Å². The number of thioether (sulfide) groups is 1. The van der Waals surface area contributed by atoms with Crippen LogP contribution in [0.2, 0.25) is 18.1 Å². The molecule has 1 saturated heterocycles. The summed E-state index contributed by atoms with van der Waals surface area (Å²) in [6, 6.07) is 48.4. The molecule has 5 aromatic rings. The number of hydrogen-bond donors (Lipinski definition) is 0. The van der Waals surface area contributed by atoms with Gasteiger partial charge in [0.15, 0.2) is 14.1 Å². The fraction of sp³-hybridized carbons (Fsp3) is 0.311. The fourth-order valence-corrected chi connectivity index (χ4v) is 8.68. The highest BCUT2D eigenvalue weighted by atomic mass is 32.2. The molecule has 0 aromatic heterocycles. The third-order valence-corrected chi connectivity index (χ3v) is 15.9. The number of Topliss-reactive ketones (excluding diaryl/α,β-unsaturated/α-hetero) is 1. The predicted octanol–water partition coefficient (Wildman–Crippen LogP) is 10.1. The van der Waals surface area contributed by atoms with Gasteiger partial charge in [-0.2, -0.15) is 0 Å². The standard InChI is InChI=1S/C45H50O6SSi/c1-44(2,3)53(5,6)51-41-40(46)39(50-43(52-38-25-17-10-18-26-38)42(41)48-31-33-27-29-37(47-4)30-28-33)32-49-45(34-19-11-7-12-20-34,35-21-13-8-14-22-35)36-23-15-9-16-24-36/h7-30,39,41-43H,31-32H2,1-6H3/t39-,41+,42-,43+/m1/s1. The second-order valence-electron chi connectivity index (χ2n) is 14.8. The number of methoxy groups -OCH3 is 1. The molecule has 1 fully saturated rings. The molecule has 1 aliphatic heterocycles. The van der Waals surface area contributed by atoms with E-state index in [0.717, 1.165) is 32.9 Å². The Balaban J connectivity index is 1.40. The zero-order valence-corrected chi connectivity index (χ0v) is 33.3. The molecular formula is C45H50O6SSi. The number of hydrogen-bond acceptors (Lipinski definition) is 7. The topological polar surface area (TPSA) is 63.2 Å². The lowest BCUT2D eigenvalue weighted by Crippen LogP contribution is -2.61. The van der Waals surface area contributed by atoms with E-state index >= 15 is 0 Å². The molecular weight excluding hydrogens is 697 g/mol. The van der Waals surface area contributed by atoms with Gasteiger partial charge in [-0.25, -0.2) is 0 Å². The number of benzene rings is 5. The van der Waals surface area contributed by atoms with Crippen LogP contribution in [0.4, 0.5) is 0 Å². The molecule has 1 aliphatic rings. The molecule has 0 saturated carbocycles. The minimum absolute atomic E-state index is 0.00801. The molecule has 276 valence electrons. The minimum Gasteiger partial charge on any atom is -0.497 e. The van der Waals surface area contributed by atoms with Crippen molar-refractivity contribution in [2.24, 2.45) is 0 Å². The van der Waals surface area contributed by atoms with Crippen molar-refractivity contribution in [1.29, 1.82) is 0 Å². The molecule has 53 heavy (non-hydrogen) atoms. The summed E-state index contributed by atoms with van der Waals surface area (Å²) in [5.74, 6) is 0.588. The van der Waals surface area contributed by atoms with Crippen LogP contribution in [0.5, 0.6) is 5.75 Å². The highest BCUT2D eigenvalue weighted by Gasteiger charge is 2.52. The zero-order chi connectivity index (χ0) is 37.5. The Labute approximate surface area is 319 Å². The van der Waals surface area contributed by atoms with Gasteiger partial charge in [-0.3, -0.25) is 4.79 Å². The Hall–Kier alpha value is -4.02. The molecule has 0 aliphatic carbocycles. The Morgan fingerprint density at radius 2 is 1.19 bits per heavy atom. The van der Waals surface area contributed by atoms with Crippen molar-refractivity contribution in [3.05, 3.63) is 168 Å². The first-order valence-corrected chi connectivity index (χ1v) is 21.9. The van der Waals surface area contributed by atoms with Crippen LogP contribution in [0.25, 0.3) is 0 Å². The van der Waals surface area contributed by atoms with Crippen molar-refractivity contribution in [2.45, 2.75) is 79.8 Å². The first-order valence-electron chi connectivity index (χ1n) is 18.2. The first kappa shape index (κ1) is 38.7. The Morgan fingerprint density at radius 3 is 1.66 bits per heavy atom. The summed E-state index contributed by atoms with van der Waals surface area (Å²) in [5, 5.41) is -0.150. The summed E-state index contributed by atoms with van der Waals surface area (Å²) in [6.07, 6.45) is -2.50. The van der Waals surface area contributed by atoms with Crippen LogP contribution in [0.15, 0.2) is 150 Å². The van der Waals surface area contributed by atoms with Crippen molar-refractivity contribution < 1.29 is 28.2 Å². The summed E-state index contributed by atoms with van der Waals surface area (Å²) < 4.78 is 33.2. The van der Waals surface area contributed by atoms with E-state index in [2.05, 4.69) is 70.3 Å². The third-order valence-electron chi connectivity index (χ3n) is 10.3. The summed E-state index contributed by atoms with van der Waals surface area (Å²) in [4.78, 5) is 15.9. The lowest BCUT2D eigenvalue weighted by Gasteiger charge is -2.46. The van der Waals surface area contributed by atoms with E-state index in [0.29, 0.717) is 0 Å². The highest BCUT2D eigenvalue weighted by molar-refractivity contribution is 7.99. The number of ketones is 1. The van der Waals surface area contributed by atoms with Crippen LogP contribution in [-0.4, -0.2) is 51.6 Å². The smallest absolute Gasteiger partial charge is 0.194 e. The second kappa shape index (κ2) is 17.0. The molecule has 6 rings (SSSR count). The number of carbonyl (C=O) groups is 1. The summed E-state index contributed by atoms with van der Waals surface area (Å²) >= 11 is 1.54. The predicted molar refractivity (Wildman–Crippen MR) is 215 cm³/mol. The fourth-order valence-electron chi connectivity index (χ4n) is 6.31. The molecule has 1 heterocycles. The highest BCUT2D eigenvalue weighted by Crippen LogP contribution is 2.44. The van der Waals surface area contributed by atoms with Gasteiger partial charge in [-0.1, -0.05) is 154 Å². The van der Waals surface area contributed by atoms with Gasteiger partial charge in [0.2, 0.25) is 0 Å². The van der Waals surface area contributed by atoms with Gasteiger partial charge in [0.05, 0.1) is 20.3 Å². The zero-order valence-electron chi connectivity index (χ0n) is 31.4. The lowest BCUT2D eigenvalue weighted by molar-refractivity contribution is -0.186. The van der Waals surface area contributed by atoms with Crippen LogP contribution in [0.1, 0.15) is 43.0 Å². The van der Waals surface area contributed by atoms with Gasteiger partial charge in [0, 0.05) is 4.90 Å². The van der Waals surface area contributed by atoms with E-state index in [4.69, 9.17) is 23.4 Å². The normalized spacial score (nSPS) is 19.5. The van der Waals surface area contributed by atoms with Crippen LogP contribution < -0.4 is 4.74 Å². The maximum Gasteiger partial charge on any atom is 0.194 e. The third kappa shape index (κ3) is 8.86. The molecule has 0 bridgehead atoms. The Morgan fingerprint density at radius 1 is 0.698 bits per heavy atom. The van der Waals surface area contributed by atoms with Gasteiger partial charge in [0.1, 0.15) is 35.1 Å². The van der Waals surface area contributed by atoms with Gasteiger partial charge >= 0.3 is 0 Å². The van der Waals surface area contributed by atoms with Crippen molar-refractivity contribution in [2.75, 3.05) is 13.7 Å². The Kier molecular flexibility index (Phi) is 12.4. The molecule has 0 unspecified atom stereocenters. The average Bonchev–Trinajstić information content (AvgIpc) is 3.18. The molecule has 8 heteroatoms. The SMILES string of the molecule is COc1ccc(CO[C@H]2[C@H](Sc3ccccc3)O[C@H](COC(c3ccccc3)(c3ccccc3)c3ccccc3)C(=O)[C@@H]2O[Si](C)(C)C(C)(C)C)cc1. The first-order chi connectivity index (χ1) is 25.5. The Bertz CT molecular complexity index is 1790. The molecule has 6 nitrogen and oxygen atoms in total. The van der Waals surface area contributed by atoms with Gasteiger partial charge in [-0.05, 0) is 64.7 Å². The van der Waals surface area contributed by atoms with E-state index in [1.165, 1.54) is 11.8 Å². The van der Waals surface area contributed by atoms with Crippen LogP contribution in [-0.2, 0) is 35.6 Å². The number of rotatable bonds is 14. The molecule has 0 N–H and O–H groups in total. The maximum absolute atomic E-state index is 14.9. The van der Waals surface area contributed by atoms with Crippen molar-refractivity contribution in [3.63, 3.8) is 0 Å². The molecule has 5 aromatic carbocycles. The minimum atomic E-state index is -2.49. The van der Waals surface area contributed by atoms with E-state index in [-0.39, 0.29) is 24.0 Å². The monoisotopic (exact) mass is 746 g/mol. The van der Waals surface area contributed by atoms with E-state index < -0.39 is 37.7 Å². The quantitative estimate of drug-likeness (QED) is 0.0828. The molecule has 4 atom stereocenters. The second-order valence-corrected chi connectivity index (χ2v) is 20.8. The van der Waals surface area contributed by atoms with Crippen LogP contribution in [0, 0.1) is 0 Å². The van der Waals surface area contributed by atoms with Gasteiger partial charge in [-0.15, -0.1) is 0 Å². The summed E-state index contributed by atoms with van der Waals surface area (Å²) in [7, 11) is -0.841. The van der Waals surface area contributed by atoms with Crippen LogP contribution >= 0.6 is 11.8 Å². The van der Waals surface area contributed by atoms with Crippen molar-refractivity contribution >= 4 is 25.9 Å². The molecule has 0 amide bonds.